The second kappa shape index (κ2) is 4.93. The summed E-state index contributed by atoms with van der Waals surface area (Å²) in [5.74, 6) is -2.38. The number of esters is 1. The van der Waals surface area contributed by atoms with E-state index in [4.69, 9.17) is 14.2 Å². The Morgan fingerprint density at radius 1 is 1.32 bits per heavy atom. The van der Waals surface area contributed by atoms with Crippen molar-refractivity contribution in [2.75, 3.05) is 13.2 Å². The minimum atomic E-state index is -0.815. The van der Waals surface area contributed by atoms with Gasteiger partial charge in [-0.2, -0.15) is 0 Å². The summed E-state index contributed by atoms with van der Waals surface area (Å²) in [6.07, 6.45) is 2.71. The van der Waals surface area contributed by atoms with Crippen molar-refractivity contribution in [2.45, 2.75) is 44.5 Å². The summed E-state index contributed by atoms with van der Waals surface area (Å²) >= 11 is 0. The molecule has 0 radical (unpaired) electrons. The maximum absolute atomic E-state index is 12.0. The van der Waals surface area contributed by atoms with E-state index in [2.05, 4.69) is 0 Å². The van der Waals surface area contributed by atoms with Crippen LogP contribution in [-0.2, 0) is 23.8 Å². The lowest BCUT2D eigenvalue weighted by Gasteiger charge is -2.49. The number of hydrogen-bond acceptors (Lipinski definition) is 5. The maximum Gasteiger partial charge on any atom is 0.309 e. The molecular weight excluding hydrogens is 288 g/mol. The van der Waals surface area contributed by atoms with Crippen LogP contribution in [0.2, 0.25) is 0 Å². The lowest BCUT2D eigenvalue weighted by Crippen LogP contribution is -2.52. The highest BCUT2D eigenvalue weighted by atomic mass is 16.7. The zero-order chi connectivity index (χ0) is 15.5. The van der Waals surface area contributed by atoms with Crippen LogP contribution >= 0.6 is 0 Å². The van der Waals surface area contributed by atoms with Crippen LogP contribution in [0.15, 0.2) is 0 Å². The molecule has 6 heteroatoms. The molecule has 2 aliphatic heterocycles. The molecule has 0 amide bonds. The van der Waals surface area contributed by atoms with Crippen molar-refractivity contribution in [3.05, 3.63) is 0 Å². The first kappa shape index (κ1) is 14.5. The van der Waals surface area contributed by atoms with Crippen molar-refractivity contribution in [1.82, 2.24) is 0 Å². The summed E-state index contributed by atoms with van der Waals surface area (Å²) in [6.45, 7) is 2.98. The SMILES string of the molecule is CC1OC(=O)C2CC3CCC4(CC3C(C(=O)O)C12)OCCO4. The van der Waals surface area contributed by atoms with Crippen LogP contribution in [-0.4, -0.2) is 42.1 Å². The standard InChI is InChI=1S/C16H22O6/c1-8-12-10(15(19)22-8)6-9-2-3-16(20-4-5-21-16)7-11(9)13(12)14(17)18/h8-13H,2-7H2,1H3,(H,17,18). The van der Waals surface area contributed by atoms with Gasteiger partial charge in [-0.25, -0.2) is 0 Å². The highest BCUT2D eigenvalue weighted by Gasteiger charge is 2.60. The van der Waals surface area contributed by atoms with Crippen LogP contribution in [0.1, 0.15) is 32.6 Å². The highest BCUT2D eigenvalue weighted by molar-refractivity contribution is 5.79. The molecule has 4 aliphatic rings. The zero-order valence-electron chi connectivity index (χ0n) is 12.7. The van der Waals surface area contributed by atoms with Gasteiger partial charge in [0.15, 0.2) is 5.79 Å². The van der Waals surface area contributed by atoms with E-state index in [-0.39, 0.29) is 35.7 Å². The van der Waals surface area contributed by atoms with Gasteiger partial charge in [0.05, 0.1) is 25.0 Å². The van der Waals surface area contributed by atoms with E-state index in [1.165, 1.54) is 0 Å². The molecule has 22 heavy (non-hydrogen) atoms. The Balaban J connectivity index is 1.66. The molecule has 2 aliphatic carbocycles. The predicted octanol–water partition coefficient (Wildman–Crippen LogP) is 1.43. The first-order valence-corrected chi connectivity index (χ1v) is 8.22. The second-order valence-electron chi connectivity index (χ2n) is 7.20. The molecule has 4 rings (SSSR count). The van der Waals surface area contributed by atoms with Crippen molar-refractivity contribution >= 4 is 11.9 Å². The molecule has 0 aromatic heterocycles. The van der Waals surface area contributed by atoms with Crippen molar-refractivity contribution in [3.8, 4) is 0 Å². The normalized spacial score (nSPS) is 46.1. The molecule has 6 nitrogen and oxygen atoms in total. The van der Waals surface area contributed by atoms with E-state index in [1.807, 2.05) is 6.92 Å². The Morgan fingerprint density at radius 2 is 2.05 bits per heavy atom. The smallest absolute Gasteiger partial charge is 0.309 e. The Morgan fingerprint density at radius 3 is 2.73 bits per heavy atom. The van der Waals surface area contributed by atoms with Crippen LogP contribution in [0.3, 0.4) is 0 Å². The van der Waals surface area contributed by atoms with Crippen molar-refractivity contribution in [2.24, 2.45) is 29.6 Å². The molecule has 0 bridgehead atoms. The number of hydrogen-bond donors (Lipinski definition) is 1. The van der Waals surface area contributed by atoms with Crippen molar-refractivity contribution in [1.29, 1.82) is 0 Å². The fourth-order valence-corrected chi connectivity index (χ4v) is 5.31. The topological polar surface area (TPSA) is 82.1 Å². The van der Waals surface area contributed by atoms with Gasteiger partial charge in [0.25, 0.3) is 0 Å². The first-order chi connectivity index (χ1) is 10.5. The van der Waals surface area contributed by atoms with Crippen molar-refractivity contribution in [3.63, 3.8) is 0 Å². The van der Waals surface area contributed by atoms with Crippen LogP contribution in [0.5, 0.6) is 0 Å². The number of cyclic esters (lactones) is 1. The third-order valence-electron chi connectivity index (χ3n) is 6.19. The number of aliphatic carboxylic acids is 1. The predicted molar refractivity (Wildman–Crippen MR) is 73.7 cm³/mol. The number of carboxylic acid groups (broad SMARTS) is 1. The highest BCUT2D eigenvalue weighted by Crippen LogP contribution is 2.55. The summed E-state index contributed by atoms with van der Waals surface area (Å²) < 4.78 is 17.0. The molecule has 2 heterocycles. The number of fused-ring (bicyclic) bond motifs is 2. The van der Waals surface area contributed by atoms with Gasteiger partial charge >= 0.3 is 11.9 Å². The van der Waals surface area contributed by atoms with E-state index in [0.29, 0.717) is 19.6 Å². The second-order valence-corrected chi connectivity index (χ2v) is 7.20. The Labute approximate surface area is 129 Å². The van der Waals surface area contributed by atoms with Gasteiger partial charge in [0, 0.05) is 18.8 Å². The molecule has 1 spiro atoms. The summed E-state index contributed by atoms with van der Waals surface area (Å²) in [6, 6.07) is 0. The summed E-state index contributed by atoms with van der Waals surface area (Å²) in [4.78, 5) is 24.0. The van der Waals surface area contributed by atoms with Gasteiger partial charge in [-0.1, -0.05) is 0 Å². The minimum absolute atomic E-state index is 0.00236. The molecule has 4 fully saturated rings. The van der Waals surface area contributed by atoms with Gasteiger partial charge in [0.1, 0.15) is 6.10 Å². The van der Waals surface area contributed by atoms with Gasteiger partial charge in [-0.3, -0.25) is 9.59 Å². The van der Waals surface area contributed by atoms with E-state index in [9.17, 15) is 14.7 Å². The number of carboxylic acids is 1. The van der Waals surface area contributed by atoms with Crippen LogP contribution in [0.4, 0.5) is 0 Å². The maximum atomic E-state index is 12.0. The van der Waals surface area contributed by atoms with Gasteiger partial charge < -0.3 is 19.3 Å². The fourth-order valence-electron chi connectivity index (χ4n) is 5.31. The van der Waals surface area contributed by atoms with Crippen LogP contribution in [0.25, 0.3) is 0 Å². The molecule has 0 aromatic rings. The lowest BCUT2D eigenvalue weighted by atomic mass is 9.56. The Kier molecular flexibility index (Phi) is 3.24. The lowest BCUT2D eigenvalue weighted by molar-refractivity contribution is -0.211. The zero-order valence-corrected chi connectivity index (χ0v) is 12.7. The minimum Gasteiger partial charge on any atom is -0.481 e. The van der Waals surface area contributed by atoms with E-state index >= 15 is 0 Å². The first-order valence-electron chi connectivity index (χ1n) is 8.22. The van der Waals surface area contributed by atoms with Gasteiger partial charge in [-0.05, 0) is 31.6 Å². The van der Waals surface area contributed by atoms with E-state index in [0.717, 1.165) is 19.3 Å². The Hall–Kier alpha value is -1.14. The molecular formula is C16H22O6. The number of carbonyl (C=O) groups is 2. The Bertz CT molecular complexity index is 497. The number of ether oxygens (including phenoxy) is 3. The molecule has 0 aromatic carbocycles. The quantitative estimate of drug-likeness (QED) is 0.738. The van der Waals surface area contributed by atoms with Gasteiger partial charge in [0.2, 0.25) is 0 Å². The third-order valence-corrected chi connectivity index (χ3v) is 6.19. The molecule has 2 saturated carbocycles. The van der Waals surface area contributed by atoms with E-state index < -0.39 is 17.7 Å². The van der Waals surface area contributed by atoms with Crippen LogP contribution < -0.4 is 0 Å². The summed E-state index contributed by atoms with van der Waals surface area (Å²) in [7, 11) is 0. The van der Waals surface area contributed by atoms with Gasteiger partial charge in [-0.15, -0.1) is 0 Å². The molecule has 122 valence electrons. The molecule has 1 N–H and O–H groups in total. The largest absolute Gasteiger partial charge is 0.481 e. The molecule has 6 atom stereocenters. The fraction of sp³-hybridized carbons (Fsp3) is 0.875. The number of carbonyl (C=O) groups excluding carboxylic acids is 1. The van der Waals surface area contributed by atoms with E-state index in [1.54, 1.807) is 0 Å². The van der Waals surface area contributed by atoms with Crippen molar-refractivity contribution < 1.29 is 28.9 Å². The van der Waals surface area contributed by atoms with Crippen LogP contribution in [0, 0.1) is 29.6 Å². The molecule has 2 saturated heterocycles. The average Bonchev–Trinajstić information content (AvgIpc) is 3.03. The molecule has 6 unspecified atom stereocenters. The average molecular weight is 310 g/mol. The summed E-state index contributed by atoms with van der Waals surface area (Å²) in [5.41, 5.74) is 0. The third kappa shape index (κ3) is 2.00. The monoisotopic (exact) mass is 310 g/mol. The summed E-state index contributed by atoms with van der Waals surface area (Å²) in [5, 5.41) is 9.81. The number of rotatable bonds is 1.